The number of pyridine rings is 1. The lowest BCUT2D eigenvalue weighted by molar-refractivity contribution is 0.0475. The molecule has 7 nitrogen and oxygen atoms in total. The average Bonchev–Trinajstić information content (AvgIpc) is 3.19. The van der Waals surface area contributed by atoms with Crippen molar-refractivity contribution < 1.29 is 23.9 Å². The van der Waals surface area contributed by atoms with Crippen LogP contribution in [-0.2, 0) is 15.9 Å². The smallest absolute Gasteiger partial charge is 0.339 e. The fourth-order valence-electron chi connectivity index (χ4n) is 4.55. The number of ether oxygens (including phenoxy) is 2. The van der Waals surface area contributed by atoms with Gasteiger partial charge in [-0.05, 0) is 69.2 Å². The van der Waals surface area contributed by atoms with Gasteiger partial charge in [-0.25, -0.2) is 9.59 Å². The summed E-state index contributed by atoms with van der Waals surface area (Å²) in [6.45, 7) is 7.20. The van der Waals surface area contributed by atoms with Gasteiger partial charge in [0.25, 0.3) is 0 Å². The van der Waals surface area contributed by atoms with E-state index in [1.165, 1.54) is 7.11 Å². The number of benzene rings is 2. The van der Waals surface area contributed by atoms with Gasteiger partial charge in [-0.1, -0.05) is 25.1 Å². The molecule has 36 heavy (non-hydrogen) atoms. The largest absolute Gasteiger partial charge is 0.465 e. The Morgan fingerprint density at radius 1 is 0.944 bits per heavy atom. The van der Waals surface area contributed by atoms with Crippen molar-refractivity contribution in [3.63, 3.8) is 0 Å². The summed E-state index contributed by atoms with van der Waals surface area (Å²) in [5.41, 5.74) is 6.05. The zero-order chi connectivity index (χ0) is 26.0. The van der Waals surface area contributed by atoms with Crippen molar-refractivity contribution in [2.45, 2.75) is 34.1 Å². The molecule has 4 rings (SSSR count). The highest BCUT2D eigenvalue weighted by molar-refractivity contribution is 6.06. The molecule has 0 amide bonds. The molecule has 0 N–H and O–H groups in total. The molecule has 0 unspecified atom stereocenters. The first kappa shape index (κ1) is 24.9. The van der Waals surface area contributed by atoms with E-state index in [1.807, 2.05) is 56.5 Å². The number of carbonyl (C=O) groups excluding carboxylic acids is 3. The van der Waals surface area contributed by atoms with Crippen LogP contribution in [0.1, 0.15) is 60.6 Å². The van der Waals surface area contributed by atoms with E-state index in [0.29, 0.717) is 28.5 Å². The predicted molar refractivity (Wildman–Crippen MR) is 137 cm³/mol. The van der Waals surface area contributed by atoms with Crippen LogP contribution in [-0.4, -0.2) is 41.0 Å². The summed E-state index contributed by atoms with van der Waals surface area (Å²) in [4.78, 5) is 42.6. The summed E-state index contributed by atoms with van der Waals surface area (Å²) in [5, 5.41) is 0.707. The molecule has 2 heterocycles. The van der Waals surface area contributed by atoms with Crippen LogP contribution in [0, 0.1) is 20.8 Å². The van der Waals surface area contributed by atoms with Gasteiger partial charge in [0.05, 0.1) is 23.8 Å². The lowest BCUT2D eigenvalue weighted by atomic mass is 10.0. The first-order valence-electron chi connectivity index (χ1n) is 11.7. The molecule has 0 fully saturated rings. The molecule has 0 bridgehead atoms. The van der Waals surface area contributed by atoms with E-state index in [0.717, 1.165) is 33.8 Å². The molecule has 184 valence electrons. The number of rotatable bonds is 7. The second-order valence-corrected chi connectivity index (χ2v) is 8.59. The van der Waals surface area contributed by atoms with Crippen LogP contribution in [0.2, 0.25) is 0 Å². The van der Waals surface area contributed by atoms with Crippen molar-refractivity contribution in [2.75, 3.05) is 13.7 Å². The van der Waals surface area contributed by atoms with Gasteiger partial charge in [-0.3, -0.25) is 9.78 Å². The van der Waals surface area contributed by atoms with Gasteiger partial charge in [0, 0.05) is 33.7 Å². The maximum Gasteiger partial charge on any atom is 0.339 e. The van der Waals surface area contributed by atoms with E-state index in [2.05, 4.69) is 4.98 Å². The first-order chi connectivity index (χ1) is 17.3. The Bertz CT molecular complexity index is 1480. The highest BCUT2D eigenvalue weighted by Crippen LogP contribution is 2.25. The van der Waals surface area contributed by atoms with Gasteiger partial charge < -0.3 is 14.0 Å². The Labute approximate surface area is 209 Å². The Hall–Kier alpha value is -4.26. The molecule has 7 heteroatoms. The van der Waals surface area contributed by atoms with Crippen LogP contribution < -0.4 is 0 Å². The Balaban J connectivity index is 1.57. The van der Waals surface area contributed by atoms with Gasteiger partial charge in [0.1, 0.15) is 0 Å². The number of aromatic nitrogens is 2. The molecule has 0 saturated carbocycles. The van der Waals surface area contributed by atoms with E-state index in [-0.39, 0.29) is 12.4 Å². The molecule has 0 aliphatic carbocycles. The van der Waals surface area contributed by atoms with Crippen LogP contribution in [0.15, 0.2) is 54.6 Å². The van der Waals surface area contributed by atoms with Crippen LogP contribution in [0.4, 0.5) is 0 Å². The van der Waals surface area contributed by atoms with Crippen LogP contribution in [0.3, 0.4) is 0 Å². The minimum atomic E-state index is -0.540. The Kier molecular flexibility index (Phi) is 7.01. The van der Waals surface area contributed by atoms with Crippen molar-refractivity contribution in [1.82, 2.24) is 9.55 Å². The Morgan fingerprint density at radius 2 is 1.64 bits per heavy atom. The number of aryl methyl sites for hydroxylation is 2. The van der Waals surface area contributed by atoms with Crippen molar-refractivity contribution in [2.24, 2.45) is 0 Å². The van der Waals surface area contributed by atoms with Crippen LogP contribution in [0.5, 0.6) is 0 Å². The second kappa shape index (κ2) is 10.2. The zero-order valence-electron chi connectivity index (χ0n) is 21.0. The fraction of sp³-hybridized carbons (Fsp3) is 0.241. The summed E-state index contributed by atoms with van der Waals surface area (Å²) in [6.07, 6.45) is 0.683. The number of para-hydroxylation sites is 1. The topological polar surface area (TPSA) is 87.5 Å². The predicted octanol–water partition coefficient (Wildman–Crippen LogP) is 5.34. The third-order valence-corrected chi connectivity index (χ3v) is 6.39. The summed E-state index contributed by atoms with van der Waals surface area (Å²) in [5.74, 6) is -1.24. The minimum Gasteiger partial charge on any atom is -0.465 e. The van der Waals surface area contributed by atoms with Gasteiger partial charge in [-0.2, -0.15) is 0 Å². The van der Waals surface area contributed by atoms with Gasteiger partial charge in [0.15, 0.2) is 6.61 Å². The number of hydrogen-bond acceptors (Lipinski definition) is 6. The molecule has 0 saturated heterocycles. The molecule has 0 atom stereocenters. The zero-order valence-corrected chi connectivity index (χ0v) is 21.0. The summed E-state index contributed by atoms with van der Waals surface area (Å²) in [7, 11) is 1.34. The summed E-state index contributed by atoms with van der Waals surface area (Å²) < 4.78 is 12.2. The molecular weight excluding hydrogens is 456 g/mol. The number of nitrogens with zero attached hydrogens (tertiary/aromatic N) is 2. The molecule has 2 aromatic carbocycles. The lowest BCUT2D eigenvalue weighted by Gasteiger charge is -2.13. The minimum absolute atomic E-state index is 0.291. The van der Waals surface area contributed by atoms with Gasteiger partial charge in [-0.15, -0.1) is 0 Å². The SMILES string of the molecule is CCc1nc2ccccc2c(C(=O)OCC(=O)c2cc(C)n(-c3ccc(C(=O)OC)cc3)c2C)c1C. The monoisotopic (exact) mass is 484 g/mol. The molecule has 2 aromatic heterocycles. The average molecular weight is 485 g/mol. The lowest BCUT2D eigenvalue weighted by Crippen LogP contribution is -2.17. The third-order valence-electron chi connectivity index (χ3n) is 6.39. The Morgan fingerprint density at radius 3 is 2.31 bits per heavy atom. The van der Waals surface area contributed by atoms with Crippen LogP contribution >= 0.6 is 0 Å². The molecule has 0 aliphatic rings. The molecule has 0 spiro atoms. The molecule has 4 aromatic rings. The number of hydrogen-bond donors (Lipinski definition) is 0. The van der Waals surface area contributed by atoms with Gasteiger partial charge in [0.2, 0.25) is 5.78 Å². The highest BCUT2D eigenvalue weighted by atomic mass is 16.5. The second-order valence-electron chi connectivity index (χ2n) is 8.59. The summed E-state index contributed by atoms with van der Waals surface area (Å²) >= 11 is 0. The first-order valence-corrected chi connectivity index (χ1v) is 11.7. The van der Waals surface area contributed by atoms with E-state index in [9.17, 15) is 14.4 Å². The van der Waals surface area contributed by atoms with E-state index in [4.69, 9.17) is 9.47 Å². The highest BCUT2D eigenvalue weighted by Gasteiger charge is 2.22. The molecular formula is C29H28N2O5. The van der Waals surface area contributed by atoms with E-state index < -0.39 is 11.9 Å². The quantitative estimate of drug-likeness (QED) is 0.260. The number of Topliss-reactive ketones (excluding diaryl/α,β-unsaturated/α-hetero) is 1. The fourth-order valence-corrected chi connectivity index (χ4v) is 4.55. The van der Waals surface area contributed by atoms with E-state index in [1.54, 1.807) is 30.3 Å². The normalized spacial score (nSPS) is 10.9. The number of carbonyl (C=O) groups is 3. The van der Waals surface area contributed by atoms with Crippen LogP contribution in [0.25, 0.3) is 16.6 Å². The molecule has 0 radical (unpaired) electrons. The standard InChI is InChI=1S/C29H28N2O5/c1-6-24-18(3)27(22-9-7-8-10-25(22)30-24)29(34)36-16-26(32)23-15-17(2)31(19(23)4)21-13-11-20(12-14-21)28(33)35-5/h7-15H,6,16H2,1-5H3. The molecule has 0 aliphatic heterocycles. The van der Waals surface area contributed by atoms with Gasteiger partial charge >= 0.3 is 11.9 Å². The number of methoxy groups -OCH3 is 1. The van der Waals surface area contributed by atoms with E-state index >= 15 is 0 Å². The number of fused-ring (bicyclic) bond motifs is 1. The van der Waals surface area contributed by atoms with Crippen molar-refractivity contribution in [1.29, 1.82) is 0 Å². The maximum absolute atomic E-state index is 13.1. The van der Waals surface area contributed by atoms with Crippen molar-refractivity contribution in [3.05, 3.63) is 93.9 Å². The van der Waals surface area contributed by atoms with Crippen molar-refractivity contribution >= 4 is 28.6 Å². The third kappa shape index (κ3) is 4.52. The summed E-state index contributed by atoms with van der Waals surface area (Å²) in [6, 6.07) is 16.2. The van der Waals surface area contributed by atoms with Crippen molar-refractivity contribution in [3.8, 4) is 5.69 Å². The number of ketones is 1. The maximum atomic E-state index is 13.1. The number of esters is 2.